The second kappa shape index (κ2) is 7.54. The average Bonchev–Trinajstić information content (AvgIpc) is 3.26. The van der Waals surface area contributed by atoms with Crippen molar-refractivity contribution in [2.45, 2.75) is 76.8 Å². The molecule has 2 aliphatic heterocycles. The second-order valence-corrected chi connectivity index (χ2v) is 15.6. The SMILES string of the molecule is CC(C)(C)[Si](C)(C)OCCCN1C(=O)CCC23CC4(CC2=C(O)C(=O)C=C13)OCCO4. The maximum absolute atomic E-state index is 12.9. The fourth-order valence-electron chi connectivity index (χ4n) is 5.11. The van der Waals surface area contributed by atoms with Crippen molar-refractivity contribution in [1.82, 2.24) is 4.90 Å². The van der Waals surface area contributed by atoms with E-state index in [1.807, 2.05) is 0 Å². The summed E-state index contributed by atoms with van der Waals surface area (Å²) in [6.45, 7) is 13.1. The highest BCUT2D eigenvalue weighted by molar-refractivity contribution is 6.74. The molecule has 2 saturated heterocycles. The van der Waals surface area contributed by atoms with Crippen LogP contribution in [0, 0.1) is 5.41 Å². The Morgan fingerprint density at radius 1 is 1.23 bits per heavy atom. The number of ether oxygens (including phenoxy) is 2. The Hall–Kier alpha value is -1.48. The highest BCUT2D eigenvalue weighted by Gasteiger charge is 2.61. The molecule has 1 N–H and O–H groups in total. The quantitative estimate of drug-likeness (QED) is 0.507. The first-order valence-corrected chi connectivity index (χ1v) is 14.2. The molecule has 0 radical (unpaired) electrons. The zero-order valence-corrected chi connectivity index (χ0v) is 20.4. The number of piperidine rings is 1. The van der Waals surface area contributed by atoms with Gasteiger partial charge in [-0.3, -0.25) is 9.59 Å². The van der Waals surface area contributed by atoms with E-state index in [1.54, 1.807) is 4.90 Å². The zero-order chi connectivity index (χ0) is 22.7. The van der Waals surface area contributed by atoms with E-state index in [0.29, 0.717) is 69.7 Å². The maximum Gasteiger partial charge on any atom is 0.226 e. The predicted molar refractivity (Wildman–Crippen MR) is 118 cm³/mol. The number of carbonyl (C=O) groups excluding carboxylic acids is 2. The number of likely N-dealkylation sites (tertiary alicyclic amines) is 1. The largest absolute Gasteiger partial charge is 0.504 e. The Kier molecular flexibility index (Phi) is 5.52. The Labute approximate surface area is 185 Å². The summed E-state index contributed by atoms with van der Waals surface area (Å²) in [7, 11) is -1.85. The number of aliphatic hydroxyl groups is 1. The van der Waals surface area contributed by atoms with Crippen LogP contribution in [0.5, 0.6) is 0 Å². The van der Waals surface area contributed by atoms with Gasteiger partial charge in [-0.2, -0.15) is 0 Å². The molecule has 0 aromatic heterocycles. The van der Waals surface area contributed by atoms with Crippen molar-refractivity contribution in [2.24, 2.45) is 5.41 Å². The maximum atomic E-state index is 12.9. The van der Waals surface area contributed by atoms with Gasteiger partial charge in [0.1, 0.15) is 0 Å². The van der Waals surface area contributed by atoms with Crippen LogP contribution in [-0.4, -0.2) is 62.2 Å². The van der Waals surface area contributed by atoms with Gasteiger partial charge in [-0.15, -0.1) is 0 Å². The number of hydrogen-bond acceptors (Lipinski definition) is 6. The van der Waals surface area contributed by atoms with Crippen LogP contribution in [0.2, 0.25) is 18.1 Å². The van der Waals surface area contributed by atoms with E-state index in [0.717, 1.165) is 0 Å². The first-order valence-electron chi connectivity index (χ1n) is 11.3. The van der Waals surface area contributed by atoms with Gasteiger partial charge < -0.3 is 23.9 Å². The lowest BCUT2D eigenvalue weighted by Crippen LogP contribution is -2.47. The van der Waals surface area contributed by atoms with E-state index >= 15 is 0 Å². The summed E-state index contributed by atoms with van der Waals surface area (Å²) in [5.74, 6) is -1.42. The molecule has 1 unspecified atom stereocenters. The van der Waals surface area contributed by atoms with Crippen LogP contribution < -0.4 is 0 Å². The van der Waals surface area contributed by atoms with E-state index in [4.69, 9.17) is 13.9 Å². The van der Waals surface area contributed by atoms with E-state index < -0.39 is 25.3 Å². The Bertz CT molecular complexity index is 849. The van der Waals surface area contributed by atoms with Gasteiger partial charge in [0.05, 0.1) is 13.2 Å². The second-order valence-electron chi connectivity index (χ2n) is 10.8. The molecule has 2 spiro atoms. The molecule has 1 atom stereocenters. The zero-order valence-electron chi connectivity index (χ0n) is 19.4. The molecule has 4 aliphatic rings. The molecule has 7 nitrogen and oxygen atoms in total. The fraction of sp³-hybridized carbons (Fsp3) is 0.739. The molecule has 31 heavy (non-hydrogen) atoms. The van der Waals surface area contributed by atoms with Crippen molar-refractivity contribution >= 4 is 20.0 Å². The van der Waals surface area contributed by atoms with Crippen LogP contribution in [0.3, 0.4) is 0 Å². The summed E-state index contributed by atoms with van der Waals surface area (Å²) in [6.07, 6.45) is 4.00. The summed E-state index contributed by atoms with van der Waals surface area (Å²) in [5, 5.41) is 10.7. The normalized spacial score (nSPS) is 28.3. The van der Waals surface area contributed by atoms with Crippen LogP contribution in [0.4, 0.5) is 0 Å². The van der Waals surface area contributed by atoms with Crippen molar-refractivity contribution in [3.05, 3.63) is 23.1 Å². The molecular weight excluding hydrogens is 414 g/mol. The van der Waals surface area contributed by atoms with Crippen molar-refractivity contribution in [3.8, 4) is 0 Å². The number of carbonyl (C=O) groups is 2. The van der Waals surface area contributed by atoms with Crippen molar-refractivity contribution in [1.29, 1.82) is 0 Å². The topological polar surface area (TPSA) is 85.3 Å². The van der Waals surface area contributed by atoms with Crippen LogP contribution in [0.25, 0.3) is 0 Å². The van der Waals surface area contributed by atoms with Crippen LogP contribution in [0.1, 0.15) is 52.9 Å². The number of allylic oxidation sites excluding steroid dienone is 2. The first-order chi connectivity index (χ1) is 14.4. The van der Waals surface area contributed by atoms with Gasteiger partial charge in [0.2, 0.25) is 11.7 Å². The first kappa shape index (κ1) is 22.7. The minimum atomic E-state index is -1.85. The van der Waals surface area contributed by atoms with E-state index in [-0.39, 0.29) is 16.7 Å². The van der Waals surface area contributed by atoms with Gasteiger partial charge >= 0.3 is 0 Å². The highest BCUT2D eigenvalue weighted by Crippen LogP contribution is 2.62. The third-order valence-corrected chi connectivity index (χ3v) is 12.4. The lowest BCUT2D eigenvalue weighted by molar-refractivity contribution is -0.158. The van der Waals surface area contributed by atoms with Crippen LogP contribution in [0.15, 0.2) is 23.1 Å². The molecule has 0 bridgehead atoms. The van der Waals surface area contributed by atoms with Crippen molar-refractivity contribution in [2.75, 3.05) is 26.4 Å². The Morgan fingerprint density at radius 2 is 1.90 bits per heavy atom. The number of hydrogen-bond donors (Lipinski definition) is 1. The third-order valence-electron chi connectivity index (χ3n) is 7.84. The minimum absolute atomic E-state index is 0.0203. The standard InChI is InChI=1S/C23H35NO6Si/c1-21(2,3)31(4,5)30-10-6-9-24-18-13-17(25)20(27)16-14-23(28-11-12-29-23)15-22(16,18)8-7-19(24)26/h13,27H,6-12,14-15H2,1-5H3. The molecule has 0 aromatic rings. The lowest BCUT2D eigenvalue weighted by atomic mass is 9.69. The molecule has 0 aromatic carbocycles. The molecule has 2 heterocycles. The van der Waals surface area contributed by atoms with Gasteiger partial charge in [-0.25, -0.2) is 0 Å². The number of nitrogens with zero attached hydrogens (tertiary/aromatic N) is 1. The molecule has 3 fully saturated rings. The van der Waals surface area contributed by atoms with E-state index in [2.05, 4.69) is 33.9 Å². The summed E-state index contributed by atoms with van der Waals surface area (Å²) in [5.41, 5.74) is 0.799. The van der Waals surface area contributed by atoms with Crippen molar-refractivity contribution in [3.63, 3.8) is 0 Å². The molecule has 1 amide bonds. The van der Waals surface area contributed by atoms with Gasteiger partial charge in [0.25, 0.3) is 0 Å². The minimum Gasteiger partial charge on any atom is -0.504 e. The van der Waals surface area contributed by atoms with E-state index in [1.165, 1.54) is 6.08 Å². The fourth-order valence-corrected chi connectivity index (χ4v) is 6.20. The number of ketones is 1. The third kappa shape index (κ3) is 3.71. The number of amides is 1. The molecule has 172 valence electrons. The van der Waals surface area contributed by atoms with E-state index in [9.17, 15) is 14.7 Å². The van der Waals surface area contributed by atoms with Gasteiger partial charge in [0.15, 0.2) is 19.9 Å². The molecule has 1 saturated carbocycles. The summed E-state index contributed by atoms with van der Waals surface area (Å²) in [6, 6.07) is 0. The highest BCUT2D eigenvalue weighted by atomic mass is 28.4. The lowest BCUT2D eigenvalue weighted by Gasteiger charge is -2.45. The summed E-state index contributed by atoms with van der Waals surface area (Å²) in [4.78, 5) is 27.2. The summed E-state index contributed by atoms with van der Waals surface area (Å²) < 4.78 is 18.1. The Morgan fingerprint density at radius 3 is 2.55 bits per heavy atom. The molecule has 4 rings (SSSR count). The van der Waals surface area contributed by atoms with Crippen LogP contribution in [-0.2, 0) is 23.5 Å². The predicted octanol–water partition coefficient (Wildman–Crippen LogP) is 3.82. The molecule has 8 heteroatoms. The molecular formula is C23H35NO6Si. The smallest absolute Gasteiger partial charge is 0.226 e. The van der Waals surface area contributed by atoms with Crippen molar-refractivity contribution < 1.29 is 28.6 Å². The average molecular weight is 450 g/mol. The monoisotopic (exact) mass is 449 g/mol. The Balaban J connectivity index is 1.53. The van der Waals surface area contributed by atoms with Gasteiger partial charge in [-0.1, -0.05) is 20.8 Å². The number of rotatable bonds is 5. The number of aliphatic hydroxyl groups excluding tert-OH is 1. The molecule has 2 aliphatic carbocycles. The van der Waals surface area contributed by atoms with Gasteiger partial charge in [0, 0.05) is 49.6 Å². The summed E-state index contributed by atoms with van der Waals surface area (Å²) >= 11 is 0. The van der Waals surface area contributed by atoms with Crippen LogP contribution >= 0.6 is 0 Å². The van der Waals surface area contributed by atoms with Gasteiger partial charge in [-0.05, 0) is 36.5 Å².